The van der Waals surface area contributed by atoms with Crippen molar-refractivity contribution < 1.29 is 32.1 Å². The fourth-order valence-corrected chi connectivity index (χ4v) is 3.68. The lowest BCUT2D eigenvalue weighted by Crippen LogP contribution is -2.13. The summed E-state index contributed by atoms with van der Waals surface area (Å²) < 4.78 is 64.8. The largest absolute Gasteiger partial charge is 0.487 e. The molecular formula is C26H30F3N3O4. The van der Waals surface area contributed by atoms with Crippen LogP contribution in [0.1, 0.15) is 36.7 Å². The summed E-state index contributed by atoms with van der Waals surface area (Å²) in [6, 6.07) is 7.47. The molecule has 0 spiro atoms. The Hall–Kier alpha value is -3.11. The van der Waals surface area contributed by atoms with E-state index in [1.54, 1.807) is 26.2 Å². The molecule has 36 heavy (non-hydrogen) atoms. The number of hydrogen-bond donors (Lipinski definition) is 1. The number of aromatic nitrogens is 2. The summed E-state index contributed by atoms with van der Waals surface area (Å²) >= 11 is 0. The second-order valence-electron chi connectivity index (χ2n) is 8.72. The van der Waals surface area contributed by atoms with Crippen molar-refractivity contribution in [2.24, 2.45) is 0 Å². The zero-order valence-corrected chi connectivity index (χ0v) is 20.6. The maximum absolute atomic E-state index is 14.8. The first-order valence-electron chi connectivity index (χ1n) is 11.8. The minimum Gasteiger partial charge on any atom is -0.487 e. The molecule has 3 aromatic rings. The number of halogens is 3. The van der Waals surface area contributed by atoms with Crippen LogP contribution in [0.4, 0.5) is 19.0 Å². The van der Waals surface area contributed by atoms with Crippen LogP contribution in [0.5, 0.6) is 11.5 Å². The van der Waals surface area contributed by atoms with Gasteiger partial charge in [-0.2, -0.15) is 0 Å². The third-order valence-electron chi connectivity index (χ3n) is 5.63. The van der Waals surface area contributed by atoms with Gasteiger partial charge in [-0.3, -0.25) is 0 Å². The van der Waals surface area contributed by atoms with Crippen LogP contribution in [0, 0.1) is 12.7 Å². The molecule has 2 aromatic carbocycles. The molecule has 194 valence electrons. The van der Waals surface area contributed by atoms with Gasteiger partial charge < -0.3 is 24.3 Å². The summed E-state index contributed by atoms with van der Waals surface area (Å²) in [6.45, 7) is 3.87. The SMILES string of the molecule is COCCOc1cc2nc(C)nc(NCc3cccc(C(C)(F)F)c3F)c2cc1OCCOC1CC1. The summed E-state index contributed by atoms with van der Waals surface area (Å²) in [6.07, 6.45) is 2.47. The lowest BCUT2D eigenvalue weighted by molar-refractivity contribution is 0.0136. The molecule has 0 amide bonds. The van der Waals surface area contributed by atoms with Gasteiger partial charge in [-0.1, -0.05) is 18.2 Å². The zero-order chi connectivity index (χ0) is 25.7. The van der Waals surface area contributed by atoms with Gasteiger partial charge in [0.05, 0.1) is 30.4 Å². The van der Waals surface area contributed by atoms with Gasteiger partial charge in [0.15, 0.2) is 11.5 Å². The van der Waals surface area contributed by atoms with Crippen LogP contribution in [0.25, 0.3) is 10.9 Å². The summed E-state index contributed by atoms with van der Waals surface area (Å²) in [5, 5.41) is 3.70. The second kappa shape index (κ2) is 11.3. The fraction of sp³-hybridized carbons (Fsp3) is 0.462. The maximum atomic E-state index is 14.8. The van der Waals surface area contributed by atoms with Gasteiger partial charge in [0.2, 0.25) is 0 Å². The van der Waals surface area contributed by atoms with E-state index in [4.69, 9.17) is 18.9 Å². The lowest BCUT2D eigenvalue weighted by atomic mass is 10.0. The predicted octanol–water partition coefficient (Wildman–Crippen LogP) is 5.38. The Morgan fingerprint density at radius 1 is 1.03 bits per heavy atom. The van der Waals surface area contributed by atoms with Gasteiger partial charge in [-0.05, 0) is 25.8 Å². The lowest BCUT2D eigenvalue weighted by Gasteiger charge is -2.17. The first-order valence-corrected chi connectivity index (χ1v) is 11.8. The molecule has 0 aliphatic heterocycles. The minimum absolute atomic E-state index is 0.0428. The van der Waals surface area contributed by atoms with Crippen molar-refractivity contribution in [1.82, 2.24) is 9.97 Å². The number of benzene rings is 2. The first kappa shape index (κ1) is 26.0. The van der Waals surface area contributed by atoms with Crippen molar-refractivity contribution in [3.05, 3.63) is 53.1 Å². The normalized spacial score (nSPS) is 13.7. The molecule has 1 aromatic heterocycles. The Morgan fingerprint density at radius 2 is 1.75 bits per heavy atom. The third kappa shape index (κ3) is 6.55. The van der Waals surface area contributed by atoms with Crippen LogP contribution < -0.4 is 14.8 Å². The van der Waals surface area contributed by atoms with E-state index in [2.05, 4.69) is 15.3 Å². The number of alkyl halides is 2. The highest BCUT2D eigenvalue weighted by Gasteiger charge is 2.29. The Balaban J connectivity index is 1.60. The van der Waals surface area contributed by atoms with Crippen LogP contribution in [-0.4, -0.2) is 49.6 Å². The molecule has 0 bridgehead atoms. The number of rotatable bonds is 13. The standard InChI is InChI=1S/C26H30F3N3O4/c1-16-31-21-14-23(35-10-9-33-3)22(36-12-11-34-18-7-8-18)13-19(21)25(32-16)30-15-17-5-4-6-20(24(17)27)26(2,28)29/h4-6,13-14,18H,7-12,15H2,1-3H3,(H,30,31,32). The molecule has 1 saturated carbocycles. The van der Waals surface area contributed by atoms with E-state index in [1.165, 1.54) is 12.1 Å². The van der Waals surface area contributed by atoms with Crippen LogP contribution in [0.2, 0.25) is 0 Å². The third-order valence-corrected chi connectivity index (χ3v) is 5.63. The van der Waals surface area contributed by atoms with Crippen LogP contribution in [-0.2, 0) is 21.9 Å². The average molecular weight is 506 g/mol. The predicted molar refractivity (Wildman–Crippen MR) is 129 cm³/mol. The molecule has 0 unspecified atom stereocenters. The molecule has 0 atom stereocenters. The zero-order valence-electron chi connectivity index (χ0n) is 20.6. The Kier molecular flexibility index (Phi) is 8.15. The van der Waals surface area contributed by atoms with Crippen molar-refractivity contribution in [2.45, 2.75) is 45.3 Å². The maximum Gasteiger partial charge on any atom is 0.273 e. The molecule has 1 aliphatic rings. The Labute approximate surface area is 207 Å². The van der Waals surface area contributed by atoms with Crippen molar-refractivity contribution in [3.8, 4) is 11.5 Å². The number of anilines is 1. The van der Waals surface area contributed by atoms with E-state index < -0.39 is 17.3 Å². The smallest absolute Gasteiger partial charge is 0.273 e. The Morgan fingerprint density at radius 3 is 2.44 bits per heavy atom. The van der Waals surface area contributed by atoms with Gasteiger partial charge in [-0.15, -0.1) is 0 Å². The molecule has 10 heteroatoms. The van der Waals surface area contributed by atoms with E-state index in [0.717, 1.165) is 18.9 Å². The first-order chi connectivity index (χ1) is 17.3. The molecule has 0 radical (unpaired) electrons. The van der Waals surface area contributed by atoms with Gasteiger partial charge in [0.25, 0.3) is 5.92 Å². The number of nitrogens with zero attached hydrogens (tertiary/aromatic N) is 2. The van der Waals surface area contributed by atoms with E-state index in [0.29, 0.717) is 73.5 Å². The number of methoxy groups -OCH3 is 1. The quantitative estimate of drug-likeness (QED) is 0.313. The summed E-state index contributed by atoms with van der Waals surface area (Å²) in [4.78, 5) is 8.95. The van der Waals surface area contributed by atoms with E-state index in [1.807, 2.05) is 0 Å². The van der Waals surface area contributed by atoms with Crippen LogP contribution in [0.15, 0.2) is 30.3 Å². The highest BCUT2D eigenvalue weighted by atomic mass is 19.3. The molecular weight excluding hydrogens is 475 g/mol. The monoisotopic (exact) mass is 505 g/mol. The molecule has 4 rings (SSSR count). The Bertz CT molecular complexity index is 1200. The number of ether oxygens (including phenoxy) is 4. The summed E-state index contributed by atoms with van der Waals surface area (Å²) in [7, 11) is 1.59. The number of fused-ring (bicyclic) bond motifs is 1. The van der Waals surface area contributed by atoms with E-state index in [-0.39, 0.29) is 12.1 Å². The second-order valence-corrected chi connectivity index (χ2v) is 8.72. The number of aryl methyl sites for hydroxylation is 1. The summed E-state index contributed by atoms with van der Waals surface area (Å²) in [5.74, 6) is -2.35. The van der Waals surface area contributed by atoms with Gasteiger partial charge in [-0.25, -0.2) is 23.1 Å². The van der Waals surface area contributed by atoms with E-state index >= 15 is 0 Å². The number of hydrogen-bond acceptors (Lipinski definition) is 7. The highest BCUT2D eigenvalue weighted by molar-refractivity contribution is 5.91. The van der Waals surface area contributed by atoms with Gasteiger partial charge >= 0.3 is 0 Å². The molecule has 0 saturated heterocycles. The molecule has 1 fully saturated rings. The van der Waals surface area contributed by atoms with Crippen LogP contribution in [0.3, 0.4) is 0 Å². The fourth-order valence-electron chi connectivity index (χ4n) is 3.68. The van der Waals surface area contributed by atoms with Crippen molar-refractivity contribution >= 4 is 16.7 Å². The van der Waals surface area contributed by atoms with Crippen molar-refractivity contribution in [2.75, 3.05) is 38.9 Å². The minimum atomic E-state index is -3.28. The van der Waals surface area contributed by atoms with Crippen molar-refractivity contribution in [1.29, 1.82) is 0 Å². The number of nitrogens with one attached hydrogen (secondary N) is 1. The summed E-state index contributed by atoms with van der Waals surface area (Å²) in [5.41, 5.74) is 0.0486. The topological polar surface area (TPSA) is 74.7 Å². The van der Waals surface area contributed by atoms with Crippen LogP contribution >= 0.6 is 0 Å². The highest BCUT2D eigenvalue weighted by Crippen LogP contribution is 2.35. The van der Waals surface area contributed by atoms with Gasteiger partial charge in [0, 0.05) is 37.6 Å². The molecule has 1 N–H and O–H groups in total. The van der Waals surface area contributed by atoms with Gasteiger partial charge in [0.1, 0.15) is 30.7 Å². The van der Waals surface area contributed by atoms with Crippen molar-refractivity contribution in [3.63, 3.8) is 0 Å². The average Bonchev–Trinajstić information content (AvgIpc) is 3.65. The molecule has 7 nitrogen and oxygen atoms in total. The van der Waals surface area contributed by atoms with E-state index in [9.17, 15) is 13.2 Å². The molecule has 1 aliphatic carbocycles. The molecule has 1 heterocycles.